The van der Waals surface area contributed by atoms with Crippen molar-refractivity contribution in [2.45, 2.75) is 70.9 Å². The van der Waals surface area contributed by atoms with Gasteiger partial charge in [0.2, 0.25) is 10.9 Å². The van der Waals surface area contributed by atoms with Gasteiger partial charge < -0.3 is 4.90 Å². The minimum atomic E-state index is -0.696. The molecule has 2 bridgehead atoms. The van der Waals surface area contributed by atoms with Gasteiger partial charge in [-0.25, -0.2) is 0 Å². The van der Waals surface area contributed by atoms with Gasteiger partial charge in [0.25, 0.3) is 5.91 Å². The highest BCUT2D eigenvalue weighted by atomic mass is 32.2. The van der Waals surface area contributed by atoms with E-state index >= 15 is 0 Å². The maximum Gasteiger partial charge on any atom is 0.291 e. The molecule has 3 atom stereocenters. The van der Waals surface area contributed by atoms with E-state index in [4.69, 9.17) is 0 Å². The lowest BCUT2D eigenvalue weighted by Crippen LogP contribution is -2.53. The van der Waals surface area contributed by atoms with Crippen LogP contribution in [0.3, 0.4) is 0 Å². The van der Waals surface area contributed by atoms with Crippen LogP contribution >= 0.6 is 11.8 Å². The van der Waals surface area contributed by atoms with Crippen molar-refractivity contribution < 1.29 is 14.4 Å². The van der Waals surface area contributed by atoms with Crippen LogP contribution in [0.1, 0.15) is 69.9 Å². The number of carbonyl (C=O) groups is 3. The molecule has 0 radical (unpaired) electrons. The smallest absolute Gasteiger partial charge is 0.291 e. The van der Waals surface area contributed by atoms with E-state index in [-0.39, 0.29) is 28.8 Å². The van der Waals surface area contributed by atoms with Gasteiger partial charge in [-0.15, -0.1) is 0 Å². The minimum absolute atomic E-state index is 0.0324. The highest BCUT2D eigenvalue weighted by Crippen LogP contribution is 2.45. The van der Waals surface area contributed by atoms with Crippen LogP contribution in [0.2, 0.25) is 0 Å². The third-order valence-corrected chi connectivity index (χ3v) is 8.77. The molecule has 2 fully saturated rings. The number of nitrogens with zero attached hydrogens (tertiary/aromatic N) is 1. The highest BCUT2D eigenvalue weighted by Gasteiger charge is 2.53. The van der Waals surface area contributed by atoms with Crippen molar-refractivity contribution in [2.24, 2.45) is 11.3 Å². The van der Waals surface area contributed by atoms with Gasteiger partial charge in [-0.3, -0.25) is 14.4 Å². The molecule has 0 spiro atoms. The molecular weight excluding hydrogens is 442 g/mol. The van der Waals surface area contributed by atoms with E-state index in [1.54, 1.807) is 4.90 Å². The summed E-state index contributed by atoms with van der Waals surface area (Å²) in [6.45, 7) is 5.57. The third-order valence-electron chi connectivity index (χ3n) is 7.81. The van der Waals surface area contributed by atoms with Crippen LogP contribution in [0.25, 0.3) is 0 Å². The quantitative estimate of drug-likeness (QED) is 0.425. The molecule has 2 aliphatic rings. The molecule has 4 nitrogen and oxygen atoms in total. The first-order valence-electron chi connectivity index (χ1n) is 12.5. The Kier molecular flexibility index (Phi) is 7.61. The lowest BCUT2D eigenvalue weighted by Gasteiger charge is -2.35. The molecule has 0 unspecified atom stereocenters. The van der Waals surface area contributed by atoms with E-state index in [0.29, 0.717) is 12.2 Å². The SMILES string of the molecule is CCC(C)(C)C(=O)C(=O)N1[C@@H]2CC[C@@H](C2)[C@H]1C(=O)SCCC(c1ccccc1)c1ccccc1. The van der Waals surface area contributed by atoms with Crippen molar-refractivity contribution in [1.82, 2.24) is 4.90 Å². The summed E-state index contributed by atoms with van der Waals surface area (Å²) in [5.74, 6) is 0.262. The standard InChI is InChI=1S/C29H35NO3S/c1-4-29(2,3)26(31)27(32)30-23-16-15-22(19-23)25(30)28(33)34-18-17-24(20-11-7-5-8-12-20)21-13-9-6-10-14-21/h5-14,22-25H,4,15-19H2,1-3H3/t22-,23+,25-/m0/s1. The molecule has 1 aliphatic carbocycles. The average molecular weight is 478 g/mol. The van der Waals surface area contributed by atoms with E-state index in [0.717, 1.165) is 25.7 Å². The molecule has 0 N–H and O–H groups in total. The maximum absolute atomic E-state index is 13.4. The second kappa shape index (κ2) is 10.5. The number of carbonyl (C=O) groups excluding carboxylic acids is 3. The van der Waals surface area contributed by atoms with Gasteiger partial charge in [0, 0.05) is 23.1 Å². The Labute approximate surface area is 207 Å². The first kappa shape index (κ1) is 24.7. The topological polar surface area (TPSA) is 54.5 Å². The Hall–Kier alpha value is -2.40. The zero-order valence-electron chi connectivity index (χ0n) is 20.4. The summed E-state index contributed by atoms with van der Waals surface area (Å²) in [4.78, 5) is 41.2. The van der Waals surface area contributed by atoms with Crippen molar-refractivity contribution in [3.8, 4) is 0 Å². The van der Waals surface area contributed by atoms with E-state index in [1.165, 1.54) is 22.9 Å². The Balaban J connectivity index is 1.45. The van der Waals surface area contributed by atoms with Crippen LogP contribution < -0.4 is 0 Å². The fourth-order valence-corrected chi connectivity index (χ4v) is 6.44. The molecule has 34 heavy (non-hydrogen) atoms. The molecule has 5 heteroatoms. The van der Waals surface area contributed by atoms with Gasteiger partial charge in [0.05, 0.1) is 0 Å². The van der Waals surface area contributed by atoms with Gasteiger partial charge in [0.15, 0.2) is 0 Å². The lowest BCUT2D eigenvalue weighted by molar-refractivity contribution is -0.153. The largest absolute Gasteiger partial charge is 0.322 e. The first-order valence-corrected chi connectivity index (χ1v) is 13.5. The number of piperidine rings is 1. The van der Waals surface area contributed by atoms with Gasteiger partial charge in [-0.2, -0.15) is 0 Å². The summed E-state index contributed by atoms with van der Waals surface area (Å²) in [5, 5.41) is 0.0440. The number of Topliss-reactive ketones (excluding diaryl/α,β-unsaturated/α-hetero) is 1. The number of benzene rings is 2. The van der Waals surface area contributed by atoms with Crippen molar-refractivity contribution in [3.63, 3.8) is 0 Å². The molecule has 1 saturated carbocycles. The number of thioether (sulfide) groups is 1. The number of likely N-dealkylation sites (tertiary alicyclic amines) is 1. The molecule has 4 rings (SSSR count). The van der Waals surface area contributed by atoms with Gasteiger partial charge >= 0.3 is 0 Å². The highest BCUT2D eigenvalue weighted by molar-refractivity contribution is 8.13. The summed E-state index contributed by atoms with van der Waals surface area (Å²) < 4.78 is 0. The molecule has 1 amide bonds. The summed E-state index contributed by atoms with van der Waals surface area (Å²) in [6, 6.07) is 20.4. The minimum Gasteiger partial charge on any atom is -0.322 e. The average Bonchev–Trinajstić information content (AvgIpc) is 3.49. The molecule has 1 saturated heterocycles. The van der Waals surface area contributed by atoms with Crippen LogP contribution in [0, 0.1) is 11.3 Å². The summed E-state index contributed by atoms with van der Waals surface area (Å²) in [6.07, 6.45) is 4.15. The number of hydrogen-bond acceptors (Lipinski definition) is 4. The summed E-state index contributed by atoms with van der Waals surface area (Å²) in [5.41, 5.74) is 1.79. The van der Waals surface area contributed by atoms with Crippen LogP contribution in [-0.4, -0.2) is 39.5 Å². The lowest BCUT2D eigenvalue weighted by atomic mass is 9.84. The maximum atomic E-state index is 13.4. The first-order chi connectivity index (χ1) is 16.3. The van der Waals surface area contributed by atoms with Crippen molar-refractivity contribution in [2.75, 3.05) is 5.75 Å². The zero-order valence-corrected chi connectivity index (χ0v) is 21.2. The van der Waals surface area contributed by atoms with E-state index in [2.05, 4.69) is 48.5 Å². The molecule has 2 aromatic rings. The third kappa shape index (κ3) is 5.00. The molecule has 2 aromatic carbocycles. The molecule has 0 aromatic heterocycles. The Morgan fingerprint density at radius 3 is 2.12 bits per heavy atom. The molecular formula is C29H35NO3S. The fraction of sp³-hybridized carbons (Fsp3) is 0.483. The Morgan fingerprint density at radius 1 is 0.971 bits per heavy atom. The predicted molar refractivity (Wildman–Crippen MR) is 138 cm³/mol. The normalized spacial score (nSPS) is 21.8. The number of fused-ring (bicyclic) bond motifs is 2. The Morgan fingerprint density at radius 2 is 1.56 bits per heavy atom. The van der Waals surface area contributed by atoms with Crippen LogP contribution in [0.5, 0.6) is 0 Å². The monoisotopic (exact) mass is 477 g/mol. The van der Waals surface area contributed by atoms with Crippen LogP contribution in [0.4, 0.5) is 0 Å². The number of hydrogen-bond donors (Lipinski definition) is 0. The number of rotatable bonds is 9. The number of amides is 1. The van der Waals surface area contributed by atoms with Crippen molar-refractivity contribution in [1.29, 1.82) is 0 Å². The van der Waals surface area contributed by atoms with Crippen molar-refractivity contribution >= 4 is 28.6 Å². The van der Waals surface area contributed by atoms with E-state index in [1.807, 2.05) is 32.9 Å². The molecule has 1 aliphatic heterocycles. The summed E-state index contributed by atoms with van der Waals surface area (Å²) >= 11 is 1.33. The fourth-order valence-electron chi connectivity index (χ4n) is 5.41. The van der Waals surface area contributed by atoms with Crippen molar-refractivity contribution in [3.05, 3.63) is 71.8 Å². The molecule has 1 heterocycles. The predicted octanol–water partition coefficient (Wildman–Crippen LogP) is 5.85. The van der Waals surface area contributed by atoms with E-state index < -0.39 is 17.4 Å². The molecule has 180 valence electrons. The van der Waals surface area contributed by atoms with Crippen LogP contribution in [0.15, 0.2) is 60.7 Å². The van der Waals surface area contributed by atoms with E-state index in [9.17, 15) is 14.4 Å². The van der Waals surface area contributed by atoms with Gasteiger partial charge in [0.1, 0.15) is 6.04 Å². The Bertz CT molecular complexity index is 981. The summed E-state index contributed by atoms with van der Waals surface area (Å²) in [7, 11) is 0. The second-order valence-electron chi connectivity index (χ2n) is 10.3. The van der Waals surface area contributed by atoms with Crippen LogP contribution in [-0.2, 0) is 14.4 Å². The zero-order chi connectivity index (χ0) is 24.3. The van der Waals surface area contributed by atoms with Gasteiger partial charge in [-0.1, -0.05) is 93.2 Å². The number of ketones is 1. The second-order valence-corrected chi connectivity index (χ2v) is 11.4. The van der Waals surface area contributed by atoms with Gasteiger partial charge in [-0.05, 0) is 49.1 Å².